The number of fused-ring (bicyclic) bond motifs is 2. The van der Waals surface area contributed by atoms with Crippen LogP contribution in [0.1, 0.15) is 50.3 Å². The van der Waals surface area contributed by atoms with Crippen LogP contribution in [0.5, 0.6) is 0 Å². The van der Waals surface area contributed by atoms with Gasteiger partial charge in [-0.05, 0) is 47.0 Å². The number of hydrogen-bond donors (Lipinski definition) is 1. The SMILES string of the molecule is CN1C(=O)c2ccccc2[C@@H](C(=O)NCCCN2CCc3ccccc3C2)[C@H]1c1cccs1. The van der Waals surface area contributed by atoms with Crippen molar-refractivity contribution in [3.8, 4) is 0 Å². The Bertz CT molecular complexity index is 1140. The van der Waals surface area contributed by atoms with Gasteiger partial charge in [0.25, 0.3) is 5.91 Å². The van der Waals surface area contributed by atoms with Gasteiger partial charge in [0.05, 0.1) is 12.0 Å². The number of likely N-dealkylation sites (N-methyl/N-ethyl adjacent to an activating group) is 1. The molecular weight excluding hydrogens is 430 g/mol. The van der Waals surface area contributed by atoms with Crippen molar-refractivity contribution in [1.29, 1.82) is 0 Å². The van der Waals surface area contributed by atoms with Crippen molar-refractivity contribution in [2.24, 2.45) is 0 Å². The monoisotopic (exact) mass is 459 g/mol. The van der Waals surface area contributed by atoms with Crippen LogP contribution in [0.25, 0.3) is 0 Å². The number of thiophene rings is 1. The van der Waals surface area contributed by atoms with Gasteiger partial charge >= 0.3 is 0 Å². The van der Waals surface area contributed by atoms with Crippen molar-refractivity contribution in [3.05, 3.63) is 93.2 Å². The molecule has 3 heterocycles. The van der Waals surface area contributed by atoms with Crippen LogP contribution in [-0.4, -0.2) is 48.3 Å². The molecule has 2 atom stereocenters. The molecule has 0 unspecified atom stereocenters. The second-order valence-corrected chi connectivity index (χ2v) is 9.86. The summed E-state index contributed by atoms with van der Waals surface area (Å²) in [5.41, 5.74) is 4.32. The Morgan fingerprint density at radius 3 is 2.67 bits per heavy atom. The minimum Gasteiger partial charge on any atom is -0.355 e. The first-order valence-corrected chi connectivity index (χ1v) is 12.5. The maximum Gasteiger partial charge on any atom is 0.254 e. The molecule has 0 saturated heterocycles. The number of carbonyl (C=O) groups is 2. The molecule has 2 aliphatic rings. The standard InChI is InChI=1S/C27H29N3O2S/c1-29-25(23-12-6-17-33-23)24(21-10-4-5-11-22(21)27(29)32)26(31)28-14-7-15-30-16-13-19-8-2-3-9-20(19)18-30/h2-6,8-12,17,24-25H,7,13-16,18H2,1H3,(H,28,31)/t24-,25-/m1/s1. The van der Waals surface area contributed by atoms with Crippen LogP contribution >= 0.6 is 11.3 Å². The number of benzene rings is 2. The molecule has 2 aromatic carbocycles. The van der Waals surface area contributed by atoms with Crippen molar-refractivity contribution in [1.82, 2.24) is 15.1 Å². The maximum absolute atomic E-state index is 13.5. The number of carbonyl (C=O) groups excluding carboxylic acids is 2. The molecule has 0 fully saturated rings. The Labute approximate surface area is 199 Å². The van der Waals surface area contributed by atoms with E-state index in [0.717, 1.165) is 42.9 Å². The third-order valence-corrected chi connectivity index (χ3v) is 7.80. The first-order valence-electron chi connectivity index (χ1n) is 11.6. The van der Waals surface area contributed by atoms with Crippen LogP contribution in [0, 0.1) is 0 Å². The predicted molar refractivity (Wildman–Crippen MR) is 131 cm³/mol. The normalized spacial score (nSPS) is 20.3. The second-order valence-electron chi connectivity index (χ2n) is 8.88. The molecule has 2 amide bonds. The molecule has 2 aliphatic heterocycles. The smallest absolute Gasteiger partial charge is 0.254 e. The summed E-state index contributed by atoms with van der Waals surface area (Å²) in [5, 5.41) is 5.18. The summed E-state index contributed by atoms with van der Waals surface area (Å²) in [6, 6.07) is 19.9. The lowest BCUT2D eigenvalue weighted by Gasteiger charge is -2.39. The molecule has 0 bridgehead atoms. The largest absolute Gasteiger partial charge is 0.355 e. The van der Waals surface area contributed by atoms with Crippen molar-refractivity contribution >= 4 is 23.2 Å². The highest BCUT2D eigenvalue weighted by atomic mass is 32.1. The second kappa shape index (κ2) is 9.49. The Kier molecular flexibility index (Phi) is 6.29. The van der Waals surface area contributed by atoms with Gasteiger partial charge in [-0.2, -0.15) is 0 Å². The molecule has 3 aromatic rings. The molecule has 5 rings (SSSR count). The molecule has 0 radical (unpaired) electrons. The van der Waals surface area contributed by atoms with E-state index < -0.39 is 5.92 Å². The zero-order valence-electron chi connectivity index (χ0n) is 18.9. The van der Waals surface area contributed by atoms with Gasteiger partial charge in [0.2, 0.25) is 5.91 Å². The van der Waals surface area contributed by atoms with E-state index in [0.29, 0.717) is 12.1 Å². The molecule has 0 saturated carbocycles. The number of hydrogen-bond acceptors (Lipinski definition) is 4. The maximum atomic E-state index is 13.5. The number of nitrogens with one attached hydrogen (secondary N) is 1. The van der Waals surface area contributed by atoms with E-state index in [1.54, 1.807) is 23.3 Å². The molecular formula is C27H29N3O2S. The van der Waals surface area contributed by atoms with Crippen molar-refractivity contribution in [2.75, 3.05) is 26.7 Å². The van der Waals surface area contributed by atoms with Gasteiger partial charge in [0, 0.05) is 43.7 Å². The van der Waals surface area contributed by atoms with E-state index in [1.807, 2.05) is 41.8 Å². The summed E-state index contributed by atoms with van der Waals surface area (Å²) < 4.78 is 0. The zero-order chi connectivity index (χ0) is 22.8. The molecule has 0 spiro atoms. The Hall–Kier alpha value is -2.96. The minimum absolute atomic E-state index is 0.0100. The summed E-state index contributed by atoms with van der Waals surface area (Å²) in [4.78, 5) is 31.7. The fraction of sp³-hybridized carbons (Fsp3) is 0.333. The molecule has 6 heteroatoms. The summed E-state index contributed by atoms with van der Waals surface area (Å²) in [7, 11) is 1.80. The molecule has 0 aliphatic carbocycles. The van der Waals surface area contributed by atoms with Crippen LogP contribution < -0.4 is 5.32 Å². The van der Waals surface area contributed by atoms with E-state index in [4.69, 9.17) is 0 Å². The summed E-state index contributed by atoms with van der Waals surface area (Å²) >= 11 is 1.59. The summed E-state index contributed by atoms with van der Waals surface area (Å²) in [6.07, 6.45) is 1.99. The number of rotatable bonds is 6. The van der Waals surface area contributed by atoms with Crippen LogP contribution in [0.3, 0.4) is 0 Å². The van der Waals surface area contributed by atoms with Crippen LogP contribution in [0.4, 0.5) is 0 Å². The third-order valence-electron chi connectivity index (χ3n) is 6.86. The first kappa shape index (κ1) is 21.9. The van der Waals surface area contributed by atoms with E-state index >= 15 is 0 Å². The number of amides is 2. The lowest BCUT2D eigenvalue weighted by atomic mass is 9.81. The predicted octanol–water partition coefficient (Wildman–Crippen LogP) is 4.22. The summed E-state index contributed by atoms with van der Waals surface area (Å²) in [6.45, 7) is 3.63. The quantitative estimate of drug-likeness (QED) is 0.562. The first-order chi connectivity index (χ1) is 16.1. The van der Waals surface area contributed by atoms with Crippen molar-refractivity contribution in [3.63, 3.8) is 0 Å². The molecule has 1 aromatic heterocycles. The van der Waals surface area contributed by atoms with Gasteiger partial charge in [-0.15, -0.1) is 11.3 Å². The highest BCUT2D eigenvalue weighted by Gasteiger charge is 2.42. The van der Waals surface area contributed by atoms with Crippen molar-refractivity contribution < 1.29 is 9.59 Å². The van der Waals surface area contributed by atoms with Crippen LogP contribution in [0.15, 0.2) is 66.0 Å². The average Bonchev–Trinajstić information content (AvgIpc) is 3.38. The molecule has 1 N–H and O–H groups in total. The summed E-state index contributed by atoms with van der Waals surface area (Å²) in [5.74, 6) is -0.452. The fourth-order valence-corrected chi connectivity index (χ4v) is 6.05. The Balaban J connectivity index is 1.26. The van der Waals surface area contributed by atoms with Gasteiger partial charge in [-0.25, -0.2) is 0 Å². The Morgan fingerprint density at radius 2 is 1.85 bits per heavy atom. The highest BCUT2D eigenvalue weighted by molar-refractivity contribution is 7.10. The lowest BCUT2D eigenvalue weighted by molar-refractivity contribution is -0.124. The highest BCUT2D eigenvalue weighted by Crippen LogP contribution is 2.43. The molecule has 5 nitrogen and oxygen atoms in total. The van der Waals surface area contributed by atoms with Crippen molar-refractivity contribution in [2.45, 2.75) is 31.3 Å². The molecule has 33 heavy (non-hydrogen) atoms. The van der Waals surface area contributed by atoms with E-state index in [-0.39, 0.29) is 17.9 Å². The van der Waals surface area contributed by atoms with Gasteiger partial charge in [0.1, 0.15) is 0 Å². The van der Waals surface area contributed by atoms with Gasteiger partial charge in [-0.3, -0.25) is 14.5 Å². The zero-order valence-corrected chi connectivity index (χ0v) is 19.7. The number of nitrogens with zero attached hydrogens (tertiary/aromatic N) is 2. The van der Waals surface area contributed by atoms with E-state index in [2.05, 4.69) is 34.5 Å². The van der Waals surface area contributed by atoms with Gasteiger partial charge in [-0.1, -0.05) is 48.5 Å². The minimum atomic E-state index is -0.413. The Morgan fingerprint density at radius 1 is 1.06 bits per heavy atom. The molecule has 170 valence electrons. The lowest BCUT2D eigenvalue weighted by Crippen LogP contribution is -2.45. The van der Waals surface area contributed by atoms with Gasteiger partial charge < -0.3 is 10.2 Å². The fourth-order valence-electron chi connectivity index (χ4n) is 5.14. The van der Waals surface area contributed by atoms with E-state index in [9.17, 15) is 9.59 Å². The van der Waals surface area contributed by atoms with Crippen LogP contribution in [-0.2, 0) is 17.8 Å². The van der Waals surface area contributed by atoms with E-state index in [1.165, 1.54) is 11.1 Å². The van der Waals surface area contributed by atoms with Crippen LogP contribution in [0.2, 0.25) is 0 Å². The average molecular weight is 460 g/mol. The topological polar surface area (TPSA) is 52.7 Å². The third kappa shape index (κ3) is 4.33. The van der Waals surface area contributed by atoms with Gasteiger partial charge in [0.15, 0.2) is 0 Å².